The maximum atomic E-state index is 13.7. The van der Waals surface area contributed by atoms with Gasteiger partial charge in [0, 0.05) is 25.1 Å². The second-order valence-electron chi connectivity index (χ2n) is 5.20. The molecule has 2 atom stereocenters. The van der Waals surface area contributed by atoms with Crippen molar-refractivity contribution in [3.8, 4) is 0 Å². The largest absolute Gasteiger partial charge is 0.339 e. The molecule has 0 radical (unpaired) electrons. The molecule has 0 spiro atoms. The lowest BCUT2D eigenvalue weighted by molar-refractivity contribution is -0.132. The van der Waals surface area contributed by atoms with Crippen molar-refractivity contribution in [2.45, 2.75) is 38.3 Å². The average Bonchev–Trinajstić information content (AvgIpc) is 2.90. The summed E-state index contributed by atoms with van der Waals surface area (Å²) in [5.74, 6) is -0.191. The van der Waals surface area contributed by atoms with Crippen molar-refractivity contribution in [1.29, 1.82) is 0 Å². The molecule has 0 aliphatic carbocycles. The van der Waals surface area contributed by atoms with Crippen molar-refractivity contribution in [1.82, 2.24) is 10.2 Å². The molecule has 104 valence electrons. The van der Waals surface area contributed by atoms with E-state index in [4.69, 9.17) is 0 Å². The highest BCUT2D eigenvalue weighted by Gasteiger charge is 2.24. The van der Waals surface area contributed by atoms with E-state index in [1.54, 1.807) is 30.1 Å². The topological polar surface area (TPSA) is 32.3 Å². The molecule has 1 aromatic rings. The van der Waals surface area contributed by atoms with Crippen LogP contribution in [0.2, 0.25) is 0 Å². The predicted molar refractivity (Wildman–Crippen MR) is 73.2 cm³/mol. The molecule has 1 N–H and O–H groups in total. The molecule has 1 heterocycles. The number of halogens is 1. The Morgan fingerprint density at radius 2 is 2.26 bits per heavy atom. The fourth-order valence-electron chi connectivity index (χ4n) is 2.52. The van der Waals surface area contributed by atoms with E-state index in [1.165, 1.54) is 6.07 Å². The van der Waals surface area contributed by atoms with Crippen LogP contribution in [-0.2, 0) is 4.79 Å². The molecular weight excluding hydrogens is 243 g/mol. The van der Waals surface area contributed by atoms with Crippen molar-refractivity contribution in [2.24, 2.45) is 0 Å². The van der Waals surface area contributed by atoms with E-state index >= 15 is 0 Å². The Bertz CT molecular complexity index is 444. The predicted octanol–water partition coefficient (Wildman–Crippen LogP) is 2.49. The monoisotopic (exact) mass is 264 g/mol. The van der Waals surface area contributed by atoms with E-state index in [2.05, 4.69) is 5.32 Å². The van der Waals surface area contributed by atoms with Gasteiger partial charge in [0.25, 0.3) is 0 Å². The maximum absolute atomic E-state index is 13.7. The minimum atomic E-state index is -0.256. The summed E-state index contributed by atoms with van der Waals surface area (Å²) in [6.45, 7) is 2.85. The van der Waals surface area contributed by atoms with Crippen LogP contribution in [0.4, 0.5) is 4.39 Å². The van der Waals surface area contributed by atoms with E-state index in [9.17, 15) is 9.18 Å². The molecule has 4 heteroatoms. The summed E-state index contributed by atoms with van der Waals surface area (Å²) in [7, 11) is 1.74. The van der Waals surface area contributed by atoms with Crippen LogP contribution in [-0.4, -0.2) is 30.4 Å². The van der Waals surface area contributed by atoms with E-state index < -0.39 is 0 Å². The van der Waals surface area contributed by atoms with Gasteiger partial charge in [0.2, 0.25) is 5.91 Å². The second-order valence-corrected chi connectivity index (χ2v) is 5.20. The molecule has 2 unspecified atom stereocenters. The van der Waals surface area contributed by atoms with Gasteiger partial charge in [0.15, 0.2) is 0 Å². The van der Waals surface area contributed by atoms with E-state index in [0.717, 1.165) is 19.4 Å². The lowest BCUT2D eigenvalue weighted by Gasteiger charge is -2.27. The number of nitrogens with one attached hydrogen (secondary N) is 1. The Labute approximate surface area is 113 Å². The third kappa shape index (κ3) is 3.32. The Hall–Kier alpha value is -1.42. The number of rotatable bonds is 4. The highest BCUT2D eigenvalue weighted by atomic mass is 19.1. The van der Waals surface area contributed by atoms with E-state index in [0.29, 0.717) is 12.0 Å². The van der Waals surface area contributed by atoms with Gasteiger partial charge in [-0.05, 0) is 32.4 Å². The number of amides is 1. The third-order valence-electron chi connectivity index (χ3n) is 3.91. The quantitative estimate of drug-likeness (QED) is 0.906. The van der Waals surface area contributed by atoms with Crippen LogP contribution in [0, 0.1) is 5.82 Å². The molecule has 1 aliphatic heterocycles. The third-order valence-corrected chi connectivity index (χ3v) is 3.91. The zero-order chi connectivity index (χ0) is 13.8. The minimum absolute atomic E-state index is 0.0650. The van der Waals surface area contributed by atoms with Crippen LogP contribution in [0.15, 0.2) is 24.3 Å². The summed E-state index contributed by atoms with van der Waals surface area (Å²) in [4.78, 5) is 13.8. The summed E-state index contributed by atoms with van der Waals surface area (Å²) in [6.07, 6.45) is 2.67. The van der Waals surface area contributed by atoms with Crippen LogP contribution >= 0.6 is 0 Å². The van der Waals surface area contributed by atoms with Gasteiger partial charge >= 0.3 is 0 Å². The van der Waals surface area contributed by atoms with E-state index in [1.807, 2.05) is 6.92 Å². The summed E-state index contributed by atoms with van der Waals surface area (Å²) in [5, 5.41) is 3.31. The van der Waals surface area contributed by atoms with Gasteiger partial charge in [0.05, 0.1) is 6.04 Å². The van der Waals surface area contributed by atoms with Crippen LogP contribution in [0.1, 0.15) is 37.8 Å². The molecule has 1 fully saturated rings. The Balaban J connectivity index is 2.00. The van der Waals surface area contributed by atoms with E-state index in [-0.39, 0.29) is 23.8 Å². The standard InChI is InChI=1S/C15H21FN2O/c1-11(13-7-3-4-8-14(13)16)18(2)15(19)10-12-6-5-9-17-12/h3-4,7-8,11-12,17H,5-6,9-10H2,1-2H3. The number of hydrogen-bond acceptors (Lipinski definition) is 2. The molecular formula is C15H21FN2O. The van der Waals surface area contributed by atoms with Crippen LogP contribution < -0.4 is 5.32 Å². The fourth-order valence-corrected chi connectivity index (χ4v) is 2.52. The molecule has 1 aromatic carbocycles. The maximum Gasteiger partial charge on any atom is 0.224 e. The number of carbonyl (C=O) groups excluding carboxylic acids is 1. The van der Waals surface area contributed by atoms with Crippen molar-refractivity contribution in [3.05, 3.63) is 35.6 Å². The lowest BCUT2D eigenvalue weighted by Crippen LogP contribution is -2.35. The first-order chi connectivity index (χ1) is 9.09. The van der Waals surface area contributed by atoms with Crippen molar-refractivity contribution < 1.29 is 9.18 Å². The Kier molecular flexibility index (Phi) is 4.53. The summed E-state index contributed by atoms with van der Waals surface area (Å²) in [5.41, 5.74) is 0.567. The van der Waals surface area contributed by atoms with Crippen LogP contribution in [0.25, 0.3) is 0 Å². The number of hydrogen-bond donors (Lipinski definition) is 1. The first kappa shape index (κ1) is 14.0. The van der Waals surface area contributed by atoms with Gasteiger partial charge in [-0.3, -0.25) is 4.79 Å². The van der Waals surface area contributed by atoms with Crippen LogP contribution in [0.3, 0.4) is 0 Å². The van der Waals surface area contributed by atoms with Gasteiger partial charge in [-0.25, -0.2) is 4.39 Å². The molecule has 0 saturated carbocycles. The van der Waals surface area contributed by atoms with Crippen molar-refractivity contribution in [2.75, 3.05) is 13.6 Å². The van der Waals surface area contributed by atoms with Crippen LogP contribution in [0.5, 0.6) is 0 Å². The molecule has 3 nitrogen and oxygen atoms in total. The summed E-state index contributed by atoms with van der Waals surface area (Å²) >= 11 is 0. The van der Waals surface area contributed by atoms with Gasteiger partial charge in [-0.2, -0.15) is 0 Å². The Morgan fingerprint density at radius 1 is 1.53 bits per heavy atom. The number of carbonyl (C=O) groups is 1. The number of benzene rings is 1. The van der Waals surface area contributed by atoms with Gasteiger partial charge in [0.1, 0.15) is 5.82 Å². The Morgan fingerprint density at radius 3 is 2.89 bits per heavy atom. The molecule has 1 amide bonds. The highest BCUT2D eigenvalue weighted by Crippen LogP contribution is 2.23. The molecule has 1 saturated heterocycles. The number of nitrogens with zero attached hydrogens (tertiary/aromatic N) is 1. The first-order valence-electron chi connectivity index (χ1n) is 6.83. The van der Waals surface area contributed by atoms with Gasteiger partial charge in [-0.15, -0.1) is 0 Å². The summed E-state index contributed by atoms with van der Waals surface area (Å²) < 4.78 is 13.7. The van der Waals surface area contributed by atoms with Crippen molar-refractivity contribution >= 4 is 5.91 Å². The minimum Gasteiger partial charge on any atom is -0.339 e. The zero-order valence-corrected chi connectivity index (χ0v) is 11.5. The molecule has 19 heavy (non-hydrogen) atoms. The van der Waals surface area contributed by atoms with Gasteiger partial charge in [-0.1, -0.05) is 18.2 Å². The fraction of sp³-hybridized carbons (Fsp3) is 0.533. The molecule has 0 bridgehead atoms. The highest BCUT2D eigenvalue weighted by molar-refractivity contribution is 5.77. The smallest absolute Gasteiger partial charge is 0.224 e. The van der Waals surface area contributed by atoms with Gasteiger partial charge < -0.3 is 10.2 Å². The second kappa shape index (κ2) is 6.15. The average molecular weight is 264 g/mol. The molecule has 0 aromatic heterocycles. The summed E-state index contributed by atoms with van der Waals surface area (Å²) in [6, 6.07) is 6.67. The molecule has 1 aliphatic rings. The zero-order valence-electron chi connectivity index (χ0n) is 11.5. The molecule has 2 rings (SSSR count). The first-order valence-corrected chi connectivity index (χ1v) is 6.83. The normalized spacial score (nSPS) is 20.3. The SMILES string of the molecule is CC(c1ccccc1F)N(C)C(=O)CC1CCCN1. The van der Waals surface area contributed by atoms with Crippen molar-refractivity contribution in [3.63, 3.8) is 0 Å². The lowest BCUT2D eigenvalue weighted by atomic mass is 10.1.